The Labute approximate surface area is 168 Å². The van der Waals surface area contributed by atoms with Crippen molar-refractivity contribution >= 4 is 29.1 Å². The Kier molecular flexibility index (Phi) is 5.65. The molecule has 0 radical (unpaired) electrons. The summed E-state index contributed by atoms with van der Waals surface area (Å²) in [6, 6.07) is 10.2. The van der Waals surface area contributed by atoms with Gasteiger partial charge in [0.1, 0.15) is 5.75 Å². The molecule has 1 atom stereocenters. The number of carbonyl (C=O) groups is 2. The van der Waals surface area contributed by atoms with Crippen molar-refractivity contribution in [3.63, 3.8) is 0 Å². The van der Waals surface area contributed by atoms with Gasteiger partial charge in [-0.2, -0.15) is 0 Å². The van der Waals surface area contributed by atoms with Gasteiger partial charge in [-0.3, -0.25) is 9.59 Å². The molecule has 7 nitrogen and oxygen atoms in total. The summed E-state index contributed by atoms with van der Waals surface area (Å²) in [4.78, 5) is 28.7. The lowest BCUT2D eigenvalue weighted by Crippen LogP contribution is -2.50. The summed E-state index contributed by atoms with van der Waals surface area (Å²) in [6.07, 6.45) is -0.801. The van der Waals surface area contributed by atoms with Gasteiger partial charge in [0.05, 0.1) is 31.5 Å². The SMILES string of the molecule is COc1cc(C(=O)N2C[C@@H](C(=O)N(C)C)Oc3ccccc32)cc(Cl)c1OC. The van der Waals surface area contributed by atoms with E-state index in [0.717, 1.165) is 0 Å². The fraction of sp³-hybridized carbons (Fsp3) is 0.300. The number of likely N-dealkylation sites (N-methyl/N-ethyl adjacent to an activating group) is 1. The highest BCUT2D eigenvalue weighted by Crippen LogP contribution is 2.38. The van der Waals surface area contributed by atoms with Gasteiger partial charge in [0, 0.05) is 19.7 Å². The molecule has 0 aliphatic carbocycles. The highest BCUT2D eigenvalue weighted by molar-refractivity contribution is 6.33. The van der Waals surface area contributed by atoms with Crippen molar-refractivity contribution in [3.05, 3.63) is 47.0 Å². The molecule has 148 valence electrons. The van der Waals surface area contributed by atoms with E-state index in [1.165, 1.54) is 30.1 Å². The Morgan fingerprint density at radius 2 is 1.89 bits per heavy atom. The van der Waals surface area contributed by atoms with Crippen LogP contribution in [0.4, 0.5) is 5.69 Å². The Morgan fingerprint density at radius 1 is 1.18 bits per heavy atom. The van der Waals surface area contributed by atoms with Gasteiger partial charge in [-0.25, -0.2) is 0 Å². The minimum Gasteiger partial charge on any atom is -0.493 e. The summed E-state index contributed by atoms with van der Waals surface area (Å²) in [7, 11) is 6.23. The smallest absolute Gasteiger partial charge is 0.265 e. The van der Waals surface area contributed by atoms with Crippen LogP contribution in [0.3, 0.4) is 0 Å². The van der Waals surface area contributed by atoms with Crippen molar-refractivity contribution in [2.24, 2.45) is 0 Å². The van der Waals surface area contributed by atoms with Crippen molar-refractivity contribution in [2.45, 2.75) is 6.10 Å². The van der Waals surface area contributed by atoms with Gasteiger partial charge >= 0.3 is 0 Å². The molecule has 0 N–H and O–H groups in total. The lowest BCUT2D eigenvalue weighted by atomic mass is 10.1. The molecule has 2 aromatic rings. The van der Waals surface area contributed by atoms with Gasteiger partial charge in [-0.05, 0) is 24.3 Å². The van der Waals surface area contributed by atoms with Crippen LogP contribution < -0.4 is 19.1 Å². The number of benzene rings is 2. The molecule has 1 aliphatic rings. The third-order valence-corrected chi connectivity index (χ3v) is 4.70. The molecule has 0 unspecified atom stereocenters. The Balaban J connectivity index is 2.03. The molecular weight excluding hydrogens is 384 g/mol. The topological polar surface area (TPSA) is 68.3 Å². The number of carbonyl (C=O) groups excluding carboxylic acids is 2. The number of hydrogen-bond acceptors (Lipinski definition) is 5. The number of methoxy groups -OCH3 is 2. The Morgan fingerprint density at radius 3 is 2.54 bits per heavy atom. The van der Waals surface area contributed by atoms with Crippen molar-refractivity contribution in [1.29, 1.82) is 0 Å². The molecule has 0 saturated heterocycles. The number of ether oxygens (including phenoxy) is 3. The van der Waals surface area contributed by atoms with E-state index in [4.69, 9.17) is 25.8 Å². The number of anilines is 1. The molecule has 28 heavy (non-hydrogen) atoms. The lowest BCUT2D eigenvalue weighted by Gasteiger charge is -2.35. The second kappa shape index (κ2) is 7.98. The maximum absolute atomic E-state index is 13.3. The zero-order valence-electron chi connectivity index (χ0n) is 16.1. The first kappa shape index (κ1) is 19.8. The molecule has 2 aromatic carbocycles. The van der Waals surface area contributed by atoms with Gasteiger partial charge in [0.25, 0.3) is 11.8 Å². The quantitative estimate of drug-likeness (QED) is 0.783. The van der Waals surface area contributed by atoms with Gasteiger partial charge in [-0.1, -0.05) is 23.7 Å². The minimum atomic E-state index is -0.801. The summed E-state index contributed by atoms with van der Waals surface area (Å²) >= 11 is 6.26. The zero-order chi connectivity index (χ0) is 20.4. The monoisotopic (exact) mass is 404 g/mol. The van der Waals surface area contributed by atoms with Crippen molar-refractivity contribution in [1.82, 2.24) is 4.90 Å². The Hall–Kier alpha value is -2.93. The number of rotatable bonds is 4. The molecule has 0 fully saturated rings. The van der Waals surface area contributed by atoms with Crippen LogP contribution in [-0.4, -0.2) is 57.7 Å². The number of halogens is 1. The fourth-order valence-electron chi connectivity index (χ4n) is 3.04. The van der Waals surface area contributed by atoms with E-state index in [0.29, 0.717) is 28.5 Å². The van der Waals surface area contributed by atoms with Crippen molar-refractivity contribution in [2.75, 3.05) is 39.8 Å². The standard InChI is InChI=1S/C20H21ClN2O5/c1-22(2)20(25)17-11-23(14-7-5-6-8-15(14)28-17)19(24)12-9-13(21)18(27-4)16(10-12)26-3/h5-10,17H,11H2,1-4H3/t17-/m0/s1. The van der Waals surface area contributed by atoms with Crippen LogP contribution in [0.2, 0.25) is 5.02 Å². The Bertz CT molecular complexity index is 915. The summed E-state index contributed by atoms with van der Waals surface area (Å²) < 4.78 is 16.3. The van der Waals surface area contributed by atoms with Crippen LogP contribution in [0, 0.1) is 0 Å². The number of fused-ring (bicyclic) bond motifs is 1. The largest absolute Gasteiger partial charge is 0.493 e. The third-order valence-electron chi connectivity index (χ3n) is 4.42. The molecule has 1 heterocycles. The molecule has 0 aromatic heterocycles. The molecular formula is C20H21ClN2O5. The van der Waals surface area contributed by atoms with E-state index < -0.39 is 6.10 Å². The summed E-state index contributed by atoms with van der Waals surface area (Å²) in [5, 5.41) is 0.257. The maximum atomic E-state index is 13.3. The van der Waals surface area contributed by atoms with E-state index in [9.17, 15) is 9.59 Å². The lowest BCUT2D eigenvalue weighted by molar-refractivity contribution is -0.135. The number of amides is 2. The van der Waals surface area contributed by atoms with E-state index in [1.54, 1.807) is 44.4 Å². The molecule has 0 bridgehead atoms. The summed E-state index contributed by atoms with van der Waals surface area (Å²) in [6.45, 7) is 0.0822. The van der Waals surface area contributed by atoms with Gasteiger partial charge < -0.3 is 24.0 Å². The zero-order valence-corrected chi connectivity index (χ0v) is 16.8. The normalized spacial score (nSPS) is 15.3. The molecule has 3 rings (SSSR count). The van der Waals surface area contributed by atoms with E-state index >= 15 is 0 Å². The van der Waals surface area contributed by atoms with Gasteiger partial charge in [0.2, 0.25) is 0 Å². The predicted octanol–water partition coefficient (Wildman–Crippen LogP) is 2.85. The van der Waals surface area contributed by atoms with Crippen molar-refractivity contribution < 1.29 is 23.8 Å². The van der Waals surface area contributed by atoms with E-state index in [1.807, 2.05) is 0 Å². The highest BCUT2D eigenvalue weighted by Gasteiger charge is 2.35. The minimum absolute atomic E-state index is 0.0822. The average Bonchev–Trinajstić information content (AvgIpc) is 2.70. The molecule has 8 heteroatoms. The first-order chi connectivity index (χ1) is 13.4. The summed E-state index contributed by atoms with van der Waals surface area (Å²) in [5.74, 6) is 0.617. The van der Waals surface area contributed by atoms with Gasteiger partial charge in [0.15, 0.2) is 17.6 Å². The molecule has 0 saturated carbocycles. The van der Waals surface area contributed by atoms with Crippen LogP contribution >= 0.6 is 11.6 Å². The van der Waals surface area contributed by atoms with E-state index in [2.05, 4.69) is 0 Å². The van der Waals surface area contributed by atoms with Crippen molar-refractivity contribution in [3.8, 4) is 17.2 Å². The maximum Gasteiger partial charge on any atom is 0.265 e. The second-order valence-corrected chi connectivity index (χ2v) is 6.82. The molecule has 2 amide bonds. The van der Waals surface area contributed by atoms with Crippen LogP contribution in [0.25, 0.3) is 0 Å². The van der Waals surface area contributed by atoms with E-state index in [-0.39, 0.29) is 23.4 Å². The molecule has 0 spiro atoms. The first-order valence-corrected chi connectivity index (χ1v) is 8.95. The third kappa shape index (κ3) is 3.57. The predicted molar refractivity (Wildman–Crippen MR) is 106 cm³/mol. The second-order valence-electron chi connectivity index (χ2n) is 6.42. The average molecular weight is 405 g/mol. The highest BCUT2D eigenvalue weighted by atomic mass is 35.5. The van der Waals surface area contributed by atoms with Crippen LogP contribution in [0.15, 0.2) is 36.4 Å². The summed E-state index contributed by atoms with van der Waals surface area (Å²) in [5.41, 5.74) is 0.900. The number of para-hydroxylation sites is 2. The van der Waals surface area contributed by atoms with Gasteiger partial charge in [-0.15, -0.1) is 0 Å². The van der Waals surface area contributed by atoms with Crippen LogP contribution in [0.5, 0.6) is 17.2 Å². The van der Waals surface area contributed by atoms with Crippen LogP contribution in [0.1, 0.15) is 10.4 Å². The number of hydrogen-bond donors (Lipinski definition) is 0. The molecule has 1 aliphatic heterocycles. The number of nitrogens with zero attached hydrogens (tertiary/aromatic N) is 2. The first-order valence-electron chi connectivity index (χ1n) is 8.57. The fourth-order valence-corrected chi connectivity index (χ4v) is 3.33. The van der Waals surface area contributed by atoms with Crippen LogP contribution in [-0.2, 0) is 4.79 Å².